The molecule has 0 atom stereocenters. The normalized spacial score (nSPS) is 12.9. The zero-order chi connectivity index (χ0) is 15.6. The molecule has 0 aliphatic heterocycles. The molecule has 114 valence electrons. The maximum atomic E-state index is 12.1. The van der Waals surface area contributed by atoms with Crippen molar-refractivity contribution in [3.8, 4) is 0 Å². The van der Waals surface area contributed by atoms with Gasteiger partial charge in [0.25, 0.3) is 0 Å². The van der Waals surface area contributed by atoms with Gasteiger partial charge in [0.1, 0.15) is 4.90 Å². The lowest BCUT2D eigenvalue weighted by Gasteiger charge is -2.19. The summed E-state index contributed by atoms with van der Waals surface area (Å²) in [6, 6.07) is 3.84. The van der Waals surface area contributed by atoms with Crippen LogP contribution in [0.15, 0.2) is 23.1 Å². The zero-order valence-corrected chi connectivity index (χ0v) is 12.1. The molecule has 0 radical (unpaired) electrons. The third kappa shape index (κ3) is 4.34. The van der Waals surface area contributed by atoms with Crippen molar-refractivity contribution in [1.82, 2.24) is 4.31 Å². The molecular weight excluding hydrogens is 319 g/mol. The number of aliphatic hydroxyl groups excluding tert-OH is 1. The summed E-state index contributed by atoms with van der Waals surface area (Å²) in [6.45, 7) is -1.10. The van der Waals surface area contributed by atoms with Crippen LogP contribution in [0.2, 0.25) is 5.02 Å². The Labute approximate surface area is 119 Å². The highest BCUT2D eigenvalue weighted by Gasteiger charge is 2.31. The number of aliphatic hydroxyl groups is 1. The average molecular weight is 332 g/mol. The number of halogens is 4. The highest BCUT2D eigenvalue weighted by atomic mass is 35.5. The summed E-state index contributed by atoms with van der Waals surface area (Å²) in [5, 5.41) is 8.86. The van der Waals surface area contributed by atoms with Gasteiger partial charge in [0.2, 0.25) is 10.0 Å². The van der Waals surface area contributed by atoms with Crippen LogP contribution in [0.3, 0.4) is 0 Å². The number of alkyl halides is 3. The summed E-state index contributed by atoms with van der Waals surface area (Å²) in [5.74, 6) is 0. The molecule has 1 rings (SSSR count). The first kappa shape index (κ1) is 17.2. The third-order valence-corrected chi connectivity index (χ3v) is 4.92. The Morgan fingerprint density at radius 1 is 1.35 bits per heavy atom. The molecule has 0 saturated carbocycles. The Hall–Kier alpha value is -0.830. The van der Waals surface area contributed by atoms with E-state index in [0.717, 1.165) is 13.1 Å². The first-order valence-electron chi connectivity index (χ1n) is 5.50. The van der Waals surface area contributed by atoms with E-state index in [4.69, 9.17) is 16.7 Å². The molecule has 0 bridgehead atoms. The van der Waals surface area contributed by atoms with Crippen molar-refractivity contribution in [3.63, 3.8) is 0 Å². The molecule has 0 aliphatic carbocycles. The quantitative estimate of drug-likeness (QED) is 0.901. The van der Waals surface area contributed by atoms with E-state index in [-0.39, 0.29) is 9.92 Å². The number of nitrogens with zero attached hydrogens (tertiary/aromatic N) is 1. The summed E-state index contributed by atoms with van der Waals surface area (Å²) in [5.41, 5.74) is 0.303. The van der Waals surface area contributed by atoms with E-state index in [0.29, 0.717) is 9.87 Å². The van der Waals surface area contributed by atoms with Crippen molar-refractivity contribution in [2.45, 2.75) is 24.1 Å². The smallest absolute Gasteiger partial charge is 0.390 e. The van der Waals surface area contributed by atoms with Crippen LogP contribution >= 0.6 is 11.6 Å². The fraction of sp³-hybridized carbons (Fsp3) is 0.455. The van der Waals surface area contributed by atoms with Crippen LogP contribution in [0.4, 0.5) is 13.2 Å². The summed E-state index contributed by atoms with van der Waals surface area (Å²) in [6.07, 6.45) is -5.69. The van der Waals surface area contributed by atoms with Crippen LogP contribution in [0.25, 0.3) is 0 Å². The molecule has 1 N–H and O–H groups in total. The van der Waals surface area contributed by atoms with Gasteiger partial charge in [-0.05, 0) is 17.7 Å². The van der Waals surface area contributed by atoms with E-state index in [9.17, 15) is 21.6 Å². The van der Waals surface area contributed by atoms with Crippen LogP contribution in [0.1, 0.15) is 12.0 Å². The predicted molar refractivity (Wildman–Crippen MR) is 67.9 cm³/mol. The Balaban J connectivity index is 3.04. The molecule has 0 spiro atoms. The van der Waals surface area contributed by atoms with Crippen molar-refractivity contribution >= 4 is 21.6 Å². The molecule has 0 amide bonds. The monoisotopic (exact) mass is 331 g/mol. The van der Waals surface area contributed by atoms with E-state index >= 15 is 0 Å². The van der Waals surface area contributed by atoms with Gasteiger partial charge in [0.15, 0.2) is 0 Å². The predicted octanol–water partition coefficient (Wildman–Crippen LogP) is 2.41. The van der Waals surface area contributed by atoms with E-state index in [2.05, 4.69) is 0 Å². The standard InChI is InChI=1S/C11H13ClF3NO3S/c1-16(5-4-11(13,14)15)20(18,19)10-6-8(7-17)2-3-9(10)12/h2-3,6,17H,4-5,7H2,1H3. The van der Waals surface area contributed by atoms with Crippen LogP contribution in [0.5, 0.6) is 0 Å². The van der Waals surface area contributed by atoms with Crippen molar-refractivity contribution < 1.29 is 26.7 Å². The summed E-state index contributed by atoms with van der Waals surface area (Å²) in [4.78, 5) is -0.324. The molecule has 0 aliphatic rings. The minimum Gasteiger partial charge on any atom is -0.392 e. The van der Waals surface area contributed by atoms with E-state index in [1.807, 2.05) is 0 Å². The van der Waals surface area contributed by atoms with Gasteiger partial charge in [-0.15, -0.1) is 0 Å². The second-order valence-electron chi connectivity index (χ2n) is 4.11. The fourth-order valence-electron chi connectivity index (χ4n) is 1.42. The maximum Gasteiger partial charge on any atom is 0.390 e. The molecule has 1 aromatic rings. The largest absolute Gasteiger partial charge is 0.392 e. The topological polar surface area (TPSA) is 57.6 Å². The lowest BCUT2D eigenvalue weighted by atomic mass is 10.2. The van der Waals surface area contributed by atoms with Gasteiger partial charge in [0, 0.05) is 13.6 Å². The molecule has 4 nitrogen and oxygen atoms in total. The minimum absolute atomic E-state index is 0.110. The van der Waals surface area contributed by atoms with Gasteiger partial charge >= 0.3 is 6.18 Å². The second kappa shape index (κ2) is 6.30. The Morgan fingerprint density at radius 2 is 1.95 bits per heavy atom. The number of rotatable bonds is 5. The minimum atomic E-state index is -4.44. The number of hydrogen-bond acceptors (Lipinski definition) is 3. The summed E-state index contributed by atoms with van der Waals surface area (Å²) in [7, 11) is -3.09. The lowest BCUT2D eigenvalue weighted by molar-refractivity contribution is -0.135. The second-order valence-corrected chi connectivity index (χ2v) is 6.54. The van der Waals surface area contributed by atoms with E-state index in [1.54, 1.807) is 0 Å². The highest BCUT2D eigenvalue weighted by molar-refractivity contribution is 7.89. The van der Waals surface area contributed by atoms with Crippen molar-refractivity contribution in [2.75, 3.05) is 13.6 Å². The fourth-order valence-corrected chi connectivity index (χ4v) is 3.11. The molecule has 9 heteroatoms. The molecule has 0 aromatic heterocycles. The molecule has 0 heterocycles. The molecule has 0 fully saturated rings. The summed E-state index contributed by atoms with van der Waals surface area (Å²) < 4.78 is 61.2. The Bertz CT molecular complexity index is 575. The first-order chi connectivity index (χ1) is 9.08. The van der Waals surface area contributed by atoms with Crippen LogP contribution in [-0.2, 0) is 16.6 Å². The molecule has 0 saturated heterocycles. The van der Waals surface area contributed by atoms with Crippen molar-refractivity contribution in [3.05, 3.63) is 28.8 Å². The van der Waals surface area contributed by atoms with Gasteiger partial charge in [-0.1, -0.05) is 17.7 Å². The van der Waals surface area contributed by atoms with E-state index < -0.39 is 35.8 Å². The van der Waals surface area contributed by atoms with Gasteiger partial charge in [-0.3, -0.25) is 0 Å². The Morgan fingerprint density at radius 3 is 2.45 bits per heavy atom. The van der Waals surface area contributed by atoms with Gasteiger partial charge in [-0.2, -0.15) is 13.2 Å². The van der Waals surface area contributed by atoms with Gasteiger partial charge in [-0.25, -0.2) is 12.7 Å². The number of hydrogen-bond donors (Lipinski definition) is 1. The maximum absolute atomic E-state index is 12.1. The third-order valence-electron chi connectivity index (χ3n) is 2.58. The Kier molecular flexibility index (Phi) is 5.42. The van der Waals surface area contributed by atoms with Crippen LogP contribution in [0, 0.1) is 0 Å². The van der Waals surface area contributed by atoms with Gasteiger partial charge in [0.05, 0.1) is 18.1 Å². The lowest BCUT2D eigenvalue weighted by Crippen LogP contribution is -2.31. The van der Waals surface area contributed by atoms with Crippen molar-refractivity contribution in [1.29, 1.82) is 0 Å². The van der Waals surface area contributed by atoms with Crippen LogP contribution < -0.4 is 0 Å². The first-order valence-corrected chi connectivity index (χ1v) is 7.32. The summed E-state index contributed by atoms with van der Waals surface area (Å²) >= 11 is 5.76. The average Bonchev–Trinajstić information content (AvgIpc) is 2.35. The zero-order valence-electron chi connectivity index (χ0n) is 10.5. The molecule has 20 heavy (non-hydrogen) atoms. The molecular formula is C11H13ClF3NO3S. The van der Waals surface area contributed by atoms with E-state index in [1.165, 1.54) is 12.1 Å². The SMILES string of the molecule is CN(CCC(F)(F)F)S(=O)(=O)c1cc(CO)ccc1Cl. The van der Waals surface area contributed by atoms with Gasteiger partial charge < -0.3 is 5.11 Å². The molecule has 0 unspecified atom stereocenters. The number of benzene rings is 1. The van der Waals surface area contributed by atoms with Crippen molar-refractivity contribution in [2.24, 2.45) is 0 Å². The van der Waals surface area contributed by atoms with Crippen LogP contribution in [-0.4, -0.2) is 37.6 Å². The molecule has 1 aromatic carbocycles. The highest BCUT2D eigenvalue weighted by Crippen LogP contribution is 2.27. The number of sulfonamides is 1.